The molecule has 1 aliphatic carbocycles. The largest absolute Gasteiger partial charge is 0.464 e. The molecule has 0 saturated carbocycles. The number of ether oxygens (including phenoxy) is 1. The summed E-state index contributed by atoms with van der Waals surface area (Å²) in [7, 11) is 0. The van der Waals surface area contributed by atoms with E-state index in [-0.39, 0.29) is 28.8 Å². The van der Waals surface area contributed by atoms with Crippen molar-refractivity contribution in [2.75, 3.05) is 0 Å². The molecule has 0 radical (unpaired) electrons. The maximum Gasteiger partial charge on any atom is 0.316 e. The topological polar surface area (TPSA) is 85.6 Å². The summed E-state index contributed by atoms with van der Waals surface area (Å²) in [4.78, 5) is 41.5. The standard InChI is InChI=1S/C27H25NO5S/c1-14(2)33-27(31)23-15(3)28-19-11-16(22-9-6-10-34-22)12-20(29)25(19)24(23)18-13-32-21-8-5-4-7-17(21)26(18)30/h4-10,13-14,16,23-24,28H,3,11-12H2,1-2H3. The Bertz CT molecular complexity index is 1380. The molecule has 174 valence electrons. The van der Waals surface area contributed by atoms with Gasteiger partial charge in [-0.3, -0.25) is 14.4 Å². The number of benzene rings is 1. The van der Waals surface area contributed by atoms with Gasteiger partial charge in [0.1, 0.15) is 11.5 Å². The van der Waals surface area contributed by atoms with Gasteiger partial charge >= 0.3 is 5.97 Å². The first kappa shape index (κ1) is 22.3. The van der Waals surface area contributed by atoms with E-state index in [1.165, 1.54) is 6.26 Å². The highest BCUT2D eigenvalue weighted by Gasteiger charge is 2.47. The first-order chi connectivity index (χ1) is 16.3. The van der Waals surface area contributed by atoms with E-state index in [1.807, 2.05) is 17.5 Å². The van der Waals surface area contributed by atoms with Gasteiger partial charge in [-0.05, 0) is 43.8 Å². The van der Waals surface area contributed by atoms with Gasteiger partial charge in [0.2, 0.25) is 0 Å². The fourth-order valence-corrected chi connectivity index (χ4v) is 5.83. The predicted molar refractivity (Wildman–Crippen MR) is 131 cm³/mol. The van der Waals surface area contributed by atoms with Gasteiger partial charge in [-0.15, -0.1) is 11.3 Å². The third kappa shape index (κ3) is 3.80. The highest BCUT2D eigenvalue weighted by molar-refractivity contribution is 7.10. The SMILES string of the molecule is C=C1NC2=C(C(=O)CC(c3cccs3)C2)C(c2coc3ccccc3c2=O)C1C(=O)OC(C)C. The van der Waals surface area contributed by atoms with Crippen molar-refractivity contribution >= 4 is 34.1 Å². The van der Waals surface area contributed by atoms with E-state index in [4.69, 9.17) is 9.15 Å². The Labute approximate surface area is 200 Å². The van der Waals surface area contributed by atoms with Crippen molar-refractivity contribution in [1.29, 1.82) is 0 Å². The quantitative estimate of drug-likeness (QED) is 0.533. The van der Waals surface area contributed by atoms with Crippen LogP contribution >= 0.6 is 11.3 Å². The lowest BCUT2D eigenvalue weighted by atomic mass is 9.70. The van der Waals surface area contributed by atoms with Crippen LogP contribution in [0.25, 0.3) is 11.0 Å². The van der Waals surface area contributed by atoms with Crippen molar-refractivity contribution in [2.45, 2.75) is 44.6 Å². The number of nitrogens with one attached hydrogen (secondary N) is 1. The number of ketones is 1. The van der Waals surface area contributed by atoms with Crippen molar-refractivity contribution in [3.63, 3.8) is 0 Å². The van der Waals surface area contributed by atoms with Gasteiger partial charge in [0, 0.05) is 45.7 Å². The average Bonchev–Trinajstić information content (AvgIpc) is 3.33. The highest BCUT2D eigenvalue weighted by atomic mass is 32.1. The first-order valence-corrected chi connectivity index (χ1v) is 12.2. The second-order valence-corrected chi connectivity index (χ2v) is 10.0. The second-order valence-electron chi connectivity index (χ2n) is 9.04. The Kier molecular flexibility index (Phi) is 5.73. The number of fused-ring (bicyclic) bond motifs is 1. The van der Waals surface area contributed by atoms with Crippen LogP contribution in [0.5, 0.6) is 0 Å². The van der Waals surface area contributed by atoms with Crippen molar-refractivity contribution < 1.29 is 18.7 Å². The molecule has 0 spiro atoms. The lowest BCUT2D eigenvalue weighted by Gasteiger charge is -2.39. The van der Waals surface area contributed by atoms with Crippen LogP contribution in [-0.2, 0) is 14.3 Å². The second kappa shape index (κ2) is 8.72. The van der Waals surface area contributed by atoms with E-state index in [0.717, 1.165) is 4.88 Å². The fourth-order valence-electron chi connectivity index (χ4n) is 5.00. The van der Waals surface area contributed by atoms with Crippen LogP contribution in [0.4, 0.5) is 0 Å². The number of para-hydroxylation sites is 1. The van der Waals surface area contributed by atoms with Crippen LogP contribution in [0.3, 0.4) is 0 Å². The molecule has 3 unspecified atom stereocenters. The smallest absolute Gasteiger partial charge is 0.316 e. The van der Waals surface area contributed by atoms with E-state index in [0.29, 0.717) is 40.8 Å². The number of thiophene rings is 1. The van der Waals surface area contributed by atoms with Crippen LogP contribution in [0.1, 0.15) is 49.0 Å². The Morgan fingerprint density at radius 3 is 2.71 bits per heavy atom. The van der Waals surface area contributed by atoms with Gasteiger partial charge in [-0.2, -0.15) is 0 Å². The van der Waals surface area contributed by atoms with E-state index in [1.54, 1.807) is 49.4 Å². The summed E-state index contributed by atoms with van der Waals surface area (Å²) < 4.78 is 11.3. The van der Waals surface area contributed by atoms with Crippen LogP contribution in [0.15, 0.2) is 80.8 Å². The number of esters is 1. The molecule has 3 heterocycles. The molecule has 34 heavy (non-hydrogen) atoms. The van der Waals surface area contributed by atoms with Gasteiger partial charge in [0.15, 0.2) is 11.2 Å². The van der Waals surface area contributed by atoms with E-state index < -0.39 is 17.8 Å². The molecule has 1 aliphatic heterocycles. The molecular weight excluding hydrogens is 450 g/mol. The Morgan fingerprint density at radius 1 is 1.18 bits per heavy atom. The zero-order valence-electron chi connectivity index (χ0n) is 19.0. The summed E-state index contributed by atoms with van der Waals surface area (Å²) in [6, 6.07) is 11.0. The van der Waals surface area contributed by atoms with Crippen LogP contribution < -0.4 is 10.7 Å². The summed E-state index contributed by atoms with van der Waals surface area (Å²) >= 11 is 1.62. The van der Waals surface area contributed by atoms with Gasteiger partial charge in [-0.25, -0.2) is 0 Å². The minimum Gasteiger partial charge on any atom is -0.464 e. The lowest BCUT2D eigenvalue weighted by molar-refractivity contribution is -0.151. The fraction of sp³-hybridized carbons (Fsp3) is 0.296. The van der Waals surface area contributed by atoms with Gasteiger partial charge < -0.3 is 14.5 Å². The minimum atomic E-state index is -0.924. The maximum atomic E-state index is 13.6. The van der Waals surface area contributed by atoms with E-state index in [2.05, 4.69) is 11.9 Å². The van der Waals surface area contributed by atoms with Crippen LogP contribution in [0.2, 0.25) is 0 Å². The minimum absolute atomic E-state index is 0.0411. The monoisotopic (exact) mass is 475 g/mol. The molecule has 3 atom stereocenters. The van der Waals surface area contributed by atoms with Gasteiger partial charge in [0.25, 0.3) is 0 Å². The number of allylic oxidation sites excluding steroid dienone is 2. The Hall–Kier alpha value is -3.45. The third-order valence-corrected chi connectivity index (χ3v) is 7.47. The normalized spacial score (nSPS) is 22.6. The number of carbonyl (C=O) groups is 2. The molecular formula is C27H25NO5S. The summed E-state index contributed by atoms with van der Waals surface area (Å²) in [5, 5.41) is 5.64. The maximum absolute atomic E-state index is 13.6. The molecule has 1 N–H and O–H groups in total. The summed E-state index contributed by atoms with van der Waals surface area (Å²) in [5.41, 5.74) is 2.04. The van der Waals surface area contributed by atoms with Crippen molar-refractivity contribution in [1.82, 2.24) is 5.32 Å². The third-order valence-electron chi connectivity index (χ3n) is 6.43. The van der Waals surface area contributed by atoms with Crippen molar-refractivity contribution in [3.05, 3.63) is 92.3 Å². The molecule has 5 rings (SSSR count). The first-order valence-electron chi connectivity index (χ1n) is 11.3. The predicted octanol–water partition coefficient (Wildman–Crippen LogP) is 5.02. The highest BCUT2D eigenvalue weighted by Crippen LogP contribution is 2.47. The number of Topliss-reactive ketones (excluding diaryl/α,β-unsaturated/α-hetero) is 1. The van der Waals surface area contributed by atoms with Crippen LogP contribution in [-0.4, -0.2) is 17.9 Å². The van der Waals surface area contributed by atoms with Crippen molar-refractivity contribution in [3.8, 4) is 0 Å². The summed E-state index contributed by atoms with van der Waals surface area (Å²) in [5.74, 6) is -2.32. The lowest BCUT2D eigenvalue weighted by Crippen LogP contribution is -2.43. The zero-order valence-corrected chi connectivity index (χ0v) is 19.8. The average molecular weight is 476 g/mol. The van der Waals surface area contributed by atoms with Gasteiger partial charge in [0.05, 0.1) is 17.8 Å². The van der Waals surface area contributed by atoms with E-state index >= 15 is 0 Å². The number of hydrogen-bond donors (Lipinski definition) is 1. The summed E-state index contributed by atoms with van der Waals surface area (Å²) in [6.07, 6.45) is 1.94. The molecule has 7 heteroatoms. The molecule has 0 saturated heterocycles. The number of hydrogen-bond acceptors (Lipinski definition) is 7. The molecule has 0 bridgehead atoms. The molecule has 3 aromatic rings. The van der Waals surface area contributed by atoms with Crippen molar-refractivity contribution in [2.24, 2.45) is 5.92 Å². The molecule has 6 nitrogen and oxygen atoms in total. The molecule has 1 aromatic carbocycles. The number of carbonyl (C=O) groups excluding carboxylic acids is 2. The van der Waals surface area contributed by atoms with E-state index in [9.17, 15) is 14.4 Å². The summed E-state index contributed by atoms with van der Waals surface area (Å²) in [6.45, 7) is 7.63. The zero-order chi connectivity index (χ0) is 24.0. The molecule has 0 amide bonds. The Balaban J connectivity index is 1.68. The molecule has 2 aromatic heterocycles. The Morgan fingerprint density at radius 2 is 1.97 bits per heavy atom. The molecule has 0 fully saturated rings. The molecule has 2 aliphatic rings. The van der Waals surface area contributed by atoms with Crippen LogP contribution in [0, 0.1) is 5.92 Å². The number of rotatable bonds is 4. The van der Waals surface area contributed by atoms with Gasteiger partial charge in [-0.1, -0.05) is 24.8 Å².